The normalized spacial score (nSPS) is 10.3. The molecule has 0 saturated heterocycles. The van der Waals surface area contributed by atoms with Crippen molar-refractivity contribution >= 4 is 34.6 Å². The molecule has 0 spiro atoms. The van der Waals surface area contributed by atoms with Gasteiger partial charge in [-0.25, -0.2) is 0 Å². The number of nitrogens with zero attached hydrogens (tertiary/aromatic N) is 3. The van der Waals surface area contributed by atoms with E-state index in [2.05, 4.69) is 25.8 Å². The van der Waals surface area contributed by atoms with Gasteiger partial charge in [0.15, 0.2) is 5.11 Å². The van der Waals surface area contributed by atoms with E-state index in [1.165, 1.54) is 0 Å². The van der Waals surface area contributed by atoms with Crippen LogP contribution in [-0.2, 0) is 6.54 Å². The van der Waals surface area contributed by atoms with Gasteiger partial charge >= 0.3 is 0 Å². The smallest absolute Gasteiger partial charge is 0.246 e. The van der Waals surface area contributed by atoms with Crippen LogP contribution in [0.1, 0.15) is 5.89 Å². The van der Waals surface area contributed by atoms with Gasteiger partial charge in [-0.15, -0.1) is 0 Å². The molecule has 0 aliphatic rings. The van der Waals surface area contributed by atoms with Crippen molar-refractivity contribution in [2.75, 3.05) is 5.32 Å². The van der Waals surface area contributed by atoms with Gasteiger partial charge in [-0.1, -0.05) is 28.9 Å². The molecule has 0 aliphatic heterocycles. The average Bonchev–Trinajstić information content (AvgIpc) is 3.03. The summed E-state index contributed by atoms with van der Waals surface area (Å²) >= 11 is 11.1. The highest BCUT2D eigenvalue weighted by Crippen LogP contribution is 2.19. The molecule has 0 radical (unpaired) electrons. The van der Waals surface area contributed by atoms with Crippen LogP contribution in [0.2, 0.25) is 5.02 Å². The van der Waals surface area contributed by atoms with Crippen LogP contribution in [0, 0.1) is 0 Å². The first-order valence-electron chi connectivity index (χ1n) is 6.74. The summed E-state index contributed by atoms with van der Waals surface area (Å²) in [4.78, 5) is 8.30. The number of halogens is 1. The lowest BCUT2D eigenvalue weighted by Gasteiger charge is -2.07. The molecule has 0 fully saturated rings. The Kier molecular flexibility index (Phi) is 4.80. The maximum Gasteiger partial charge on any atom is 0.246 e. The number of aromatic nitrogens is 3. The van der Waals surface area contributed by atoms with Crippen LogP contribution in [-0.4, -0.2) is 20.2 Å². The van der Waals surface area contributed by atoms with Crippen LogP contribution in [0.25, 0.3) is 11.4 Å². The summed E-state index contributed by atoms with van der Waals surface area (Å²) in [6.07, 6.45) is 3.37. The van der Waals surface area contributed by atoms with Crippen LogP contribution in [0.3, 0.4) is 0 Å². The van der Waals surface area contributed by atoms with Gasteiger partial charge in [-0.3, -0.25) is 4.98 Å². The van der Waals surface area contributed by atoms with Crippen LogP contribution >= 0.6 is 23.8 Å². The van der Waals surface area contributed by atoms with Gasteiger partial charge in [0, 0.05) is 16.8 Å². The molecule has 3 aromatic rings. The van der Waals surface area contributed by atoms with Gasteiger partial charge in [0.25, 0.3) is 0 Å². The summed E-state index contributed by atoms with van der Waals surface area (Å²) in [6.45, 7) is 0.319. The van der Waals surface area contributed by atoms with E-state index < -0.39 is 0 Å². The fourth-order valence-corrected chi connectivity index (χ4v) is 2.22. The third-order valence-corrected chi connectivity index (χ3v) is 3.35. The topological polar surface area (TPSA) is 75.9 Å². The molecule has 2 heterocycles. The van der Waals surface area contributed by atoms with E-state index in [0.29, 0.717) is 28.4 Å². The van der Waals surface area contributed by atoms with Crippen molar-refractivity contribution in [1.82, 2.24) is 20.4 Å². The molecule has 2 aromatic heterocycles. The minimum Gasteiger partial charge on any atom is -0.353 e. The predicted molar refractivity (Wildman–Crippen MR) is 92.0 cm³/mol. The maximum atomic E-state index is 5.95. The highest BCUT2D eigenvalue weighted by Gasteiger charge is 2.09. The molecule has 116 valence electrons. The van der Waals surface area contributed by atoms with E-state index in [0.717, 1.165) is 11.3 Å². The Morgan fingerprint density at radius 3 is 2.96 bits per heavy atom. The first-order chi connectivity index (χ1) is 11.2. The van der Waals surface area contributed by atoms with E-state index in [4.69, 9.17) is 28.3 Å². The summed E-state index contributed by atoms with van der Waals surface area (Å²) in [5, 5.41) is 11.0. The minimum absolute atomic E-state index is 0.319. The van der Waals surface area contributed by atoms with E-state index in [1.807, 2.05) is 24.3 Å². The van der Waals surface area contributed by atoms with Gasteiger partial charge in [-0.2, -0.15) is 4.98 Å². The minimum atomic E-state index is 0.319. The molecule has 0 amide bonds. The Hall–Kier alpha value is -2.51. The van der Waals surface area contributed by atoms with Crippen molar-refractivity contribution in [2.24, 2.45) is 0 Å². The predicted octanol–water partition coefficient (Wildman–Crippen LogP) is 3.27. The molecule has 23 heavy (non-hydrogen) atoms. The molecule has 0 atom stereocenters. The summed E-state index contributed by atoms with van der Waals surface area (Å²) in [5.74, 6) is 0.908. The Bertz CT molecular complexity index is 808. The number of benzene rings is 1. The lowest BCUT2D eigenvalue weighted by atomic mass is 10.2. The molecule has 1 aromatic carbocycles. The first-order valence-corrected chi connectivity index (χ1v) is 7.53. The van der Waals surface area contributed by atoms with Gasteiger partial charge in [0.1, 0.15) is 0 Å². The third-order valence-electron chi connectivity index (χ3n) is 2.87. The number of hydrogen-bond donors (Lipinski definition) is 2. The Labute approximate surface area is 142 Å². The van der Waals surface area contributed by atoms with Gasteiger partial charge in [-0.05, 0) is 36.5 Å². The van der Waals surface area contributed by atoms with E-state index in [-0.39, 0.29) is 0 Å². The molecule has 0 bridgehead atoms. The number of rotatable bonds is 4. The molecule has 2 N–H and O–H groups in total. The summed E-state index contributed by atoms with van der Waals surface area (Å²) < 4.78 is 5.19. The Morgan fingerprint density at radius 2 is 2.17 bits per heavy atom. The summed E-state index contributed by atoms with van der Waals surface area (Å²) in [5.41, 5.74) is 1.60. The molecule has 8 heteroatoms. The Balaban J connectivity index is 1.58. The van der Waals surface area contributed by atoms with Gasteiger partial charge < -0.3 is 15.2 Å². The fraction of sp³-hybridized carbons (Fsp3) is 0.0667. The molecule has 0 unspecified atom stereocenters. The van der Waals surface area contributed by atoms with E-state index in [1.54, 1.807) is 24.5 Å². The van der Waals surface area contributed by atoms with Crippen molar-refractivity contribution in [3.63, 3.8) is 0 Å². The molecule has 0 saturated carbocycles. The van der Waals surface area contributed by atoms with Crippen LogP contribution in [0.4, 0.5) is 5.69 Å². The number of hydrogen-bond acceptors (Lipinski definition) is 5. The zero-order chi connectivity index (χ0) is 16.1. The first kappa shape index (κ1) is 15.4. The second-order valence-corrected chi connectivity index (χ2v) is 5.42. The standard InChI is InChI=1S/C15H12ClN5OS/c16-11-4-1-3-10(7-11)14-20-13(22-21-14)9-18-15(23)19-12-5-2-6-17-8-12/h1-8H,9H2,(H2,18,19,23). The second kappa shape index (κ2) is 7.17. The zero-order valence-corrected chi connectivity index (χ0v) is 13.4. The Morgan fingerprint density at radius 1 is 1.26 bits per heavy atom. The summed E-state index contributed by atoms with van der Waals surface area (Å²) in [7, 11) is 0. The lowest BCUT2D eigenvalue weighted by Crippen LogP contribution is -2.28. The quantitative estimate of drug-likeness (QED) is 0.703. The zero-order valence-electron chi connectivity index (χ0n) is 11.9. The van der Waals surface area contributed by atoms with E-state index >= 15 is 0 Å². The second-order valence-electron chi connectivity index (χ2n) is 4.57. The number of nitrogens with one attached hydrogen (secondary N) is 2. The van der Waals surface area contributed by atoms with Crippen molar-refractivity contribution in [2.45, 2.75) is 6.54 Å². The van der Waals surface area contributed by atoms with Crippen LogP contribution < -0.4 is 10.6 Å². The lowest BCUT2D eigenvalue weighted by molar-refractivity contribution is 0.376. The molecule has 3 rings (SSSR count). The van der Waals surface area contributed by atoms with Crippen molar-refractivity contribution in [3.8, 4) is 11.4 Å². The third kappa shape index (κ3) is 4.24. The molecule has 0 aliphatic carbocycles. The molecule has 6 nitrogen and oxygen atoms in total. The SMILES string of the molecule is S=C(NCc1nc(-c2cccc(Cl)c2)no1)Nc1cccnc1. The summed E-state index contributed by atoms with van der Waals surface area (Å²) in [6, 6.07) is 10.9. The largest absolute Gasteiger partial charge is 0.353 e. The highest BCUT2D eigenvalue weighted by molar-refractivity contribution is 7.80. The van der Waals surface area contributed by atoms with Gasteiger partial charge in [0.2, 0.25) is 11.7 Å². The highest BCUT2D eigenvalue weighted by atomic mass is 35.5. The molecular weight excluding hydrogens is 334 g/mol. The molecular formula is C15H12ClN5OS. The van der Waals surface area contributed by atoms with Crippen molar-refractivity contribution < 1.29 is 4.52 Å². The monoisotopic (exact) mass is 345 g/mol. The van der Waals surface area contributed by atoms with Gasteiger partial charge in [0.05, 0.1) is 18.4 Å². The van der Waals surface area contributed by atoms with Crippen LogP contribution in [0.15, 0.2) is 53.3 Å². The number of pyridine rings is 1. The van der Waals surface area contributed by atoms with Crippen molar-refractivity contribution in [1.29, 1.82) is 0 Å². The van der Waals surface area contributed by atoms with Crippen LogP contribution in [0.5, 0.6) is 0 Å². The number of thiocarbonyl (C=S) groups is 1. The average molecular weight is 346 g/mol. The number of anilines is 1. The van der Waals surface area contributed by atoms with E-state index in [9.17, 15) is 0 Å². The maximum absolute atomic E-state index is 5.95. The fourth-order valence-electron chi connectivity index (χ4n) is 1.84. The van der Waals surface area contributed by atoms with Crippen molar-refractivity contribution in [3.05, 3.63) is 59.7 Å².